The van der Waals surface area contributed by atoms with E-state index in [1.165, 1.54) is 4.90 Å². The molecule has 0 radical (unpaired) electrons. The van der Waals surface area contributed by atoms with Crippen LogP contribution in [0.4, 0.5) is 5.69 Å². The third-order valence-electron chi connectivity index (χ3n) is 4.59. The molecule has 1 atom stereocenters. The number of carbonyl (C=O) groups excluding carboxylic acids is 1. The number of nitrogens with one attached hydrogen (secondary N) is 1. The van der Waals surface area contributed by atoms with Crippen molar-refractivity contribution in [1.82, 2.24) is 4.72 Å². The molecule has 1 heterocycles. The Morgan fingerprint density at radius 3 is 2.33 bits per heavy atom. The van der Waals surface area contributed by atoms with Gasteiger partial charge in [0.1, 0.15) is 5.75 Å². The fraction of sp³-hybridized carbons (Fsp3) is 0.350. The minimum Gasteiger partial charge on any atom is -0.477 e. The largest absolute Gasteiger partial charge is 0.477 e. The lowest BCUT2D eigenvalue weighted by Gasteiger charge is -2.31. The third-order valence-corrected chi connectivity index (χ3v) is 6.03. The number of hydrogen-bond donors (Lipinski definition) is 1. The third kappa shape index (κ3) is 3.99. The lowest BCUT2D eigenvalue weighted by Crippen LogP contribution is -2.49. The zero-order valence-corrected chi connectivity index (χ0v) is 16.7. The molecule has 2 aromatic rings. The van der Waals surface area contributed by atoms with Crippen LogP contribution in [-0.4, -0.2) is 34.0 Å². The van der Waals surface area contributed by atoms with Crippen molar-refractivity contribution in [1.29, 1.82) is 0 Å². The number of benzene rings is 2. The van der Waals surface area contributed by atoms with Crippen LogP contribution in [0.3, 0.4) is 0 Å². The van der Waals surface area contributed by atoms with Gasteiger partial charge in [0.15, 0.2) is 6.10 Å². The van der Waals surface area contributed by atoms with Crippen molar-refractivity contribution in [3.8, 4) is 5.75 Å². The van der Waals surface area contributed by atoms with Crippen LogP contribution < -0.4 is 14.4 Å². The van der Waals surface area contributed by atoms with Gasteiger partial charge >= 0.3 is 0 Å². The Labute approximate surface area is 160 Å². The Morgan fingerprint density at radius 1 is 1.07 bits per heavy atom. The minimum atomic E-state index is -3.74. The molecule has 6 nitrogen and oxygen atoms in total. The molecule has 0 fully saturated rings. The van der Waals surface area contributed by atoms with Gasteiger partial charge in [-0.2, -0.15) is 0 Å². The number of amides is 1. The quantitative estimate of drug-likeness (QED) is 0.874. The Hall–Kier alpha value is -2.38. The molecule has 0 bridgehead atoms. The molecule has 1 N–H and O–H groups in total. The van der Waals surface area contributed by atoms with Gasteiger partial charge in [0, 0.05) is 7.05 Å². The van der Waals surface area contributed by atoms with Crippen LogP contribution >= 0.6 is 0 Å². The highest BCUT2D eigenvalue weighted by Gasteiger charge is 2.33. The van der Waals surface area contributed by atoms with Gasteiger partial charge in [-0.15, -0.1) is 0 Å². The number of para-hydroxylation sites is 2. The number of sulfonamides is 1. The predicted octanol–water partition coefficient (Wildman–Crippen LogP) is 2.69. The van der Waals surface area contributed by atoms with Gasteiger partial charge < -0.3 is 9.64 Å². The number of hydrogen-bond acceptors (Lipinski definition) is 4. The molecule has 0 saturated carbocycles. The van der Waals surface area contributed by atoms with Crippen molar-refractivity contribution >= 4 is 21.6 Å². The Morgan fingerprint density at radius 2 is 1.70 bits per heavy atom. The average molecular weight is 388 g/mol. The van der Waals surface area contributed by atoms with Gasteiger partial charge in [-0.3, -0.25) is 4.79 Å². The van der Waals surface area contributed by atoms with Crippen molar-refractivity contribution in [2.45, 2.75) is 37.2 Å². The van der Waals surface area contributed by atoms with E-state index in [-0.39, 0.29) is 22.8 Å². The van der Waals surface area contributed by atoms with Gasteiger partial charge in [0.25, 0.3) is 5.91 Å². The van der Waals surface area contributed by atoms with E-state index in [1.807, 2.05) is 6.07 Å². The summed E-state index contributed by atoms with van der Waals surface area (Å²) in [5, 5.41) is 0. The maximum atomic E-state index is 12.6. The molecule has 0 aromatic heterocycles. The molecule has 27 heavy (non-hydrogen) atoms. The van der Waals surface area contributed by atoms with Crippen LogP contribution in [0.2, 0.25) is 0 Å². The number of nitrogens with zero attached hydrogens (tertiary/aromatic N) is 1. The lowest BCUT2D eigenvalue weighted by molar-refractivity contribution is -0.125. The molecule has 1 aliphatic heterocycles. The van der Waals surface area contributed by atoms with Crippen molar-refractivity contribution in [3.63, 3.8) is 0 Å². The molecule has 2 aromatic carbocycles. The summed E-state index contributed by atoms with van der Waals surface area (Å²) in [6.45, 7) is 6.06. The second kappa shape index (κ2) is 6.98. The topological polar surface area (TPSA) is 75.7 Å². The van der Waals surface area contributed by atoms with Crippen molar-refractivity contribution in [3.05, 3.63) is 54.1 Å². The van der Waals surface area contributed by atoms with E-state index in [9.17, 15) is 13.2 Å². The second-order valence-corrected chi connectivity index (χ2v) is 9.36. The maximum absolute atomic E-state index is 12.6. The monoisotopic (exact) mass is 388 g/mol. The summed E-state index contributed by atoms with van der Waals surface area (Å²) in [5.74, 6) is 0.262. The first-order valence-corrected chi connectivity index (χ1v) is 10.2. The Bertz CT molecular complexity index is 947. The van der Waals surface area contributed by atoms with Crippen LogP contribution in [0.25, 0.3) is 0 Å². The second-order valence-electron chi connectivity index (χ2n) is 7.60. The molecular weight excluding hydrogens is 364 g/mol. The number of ether oxygens (including phenoxy) is 1. The summed E-state index contributed by atoms with van der Waals surface area (Å²) in [4.78, 5) is 14.1. The van der Waals surface area contributed by atoms with E-state index in [2.05, 4.69) is 25.5 Å². The zero-order chi connectivity index (χ0) is 19.8. The molecule has 0 spiro atoms. The lowest BCUT2D eigenvalue weighted by atomic mass is 9.87. The van der Waals surface area contributed by atoms with Crippen LogP contribution in [0.1, 0.15) is 26.3 Å². The molecule has 3 rings (SSSR count). The van der Waals surface area contributed by atoms with E-state index >= 15 is 0 Å². The molecule has 144 valence electrons. The molecular formula is C20H24N2O4S. The summed E-state index contributed by atoms with van der Waals surface area (Å²) in [6, 6.07) is 13.9. The fourth-order valence-electron chi connectivity index (χ4n) is 2.90. The first kappa shape index (κ1) is 19.4. The molecule has 0 aliphatic carbocycles. The fourth-order valence-corrected chi connectivity index (χ4v) is 3.94. The van der Waals surface area contributed by atoms with E-state index in [0.717, 1.165) is 5.56 Å². The van der Waals surface area contributed by atoms with Gasteiger partial charge in [-0.05, 0) is 35.2 Å². The van der Waals surface area contributed by atoms with E-state index in [0.29, 0.717) is 11.4 Å². The Balaban J connectivity index is 1.73. The van der Waals surface area contributed by atoms with Crippen molar-refractivity contribution < 1.29 is 17.9 Å². The Kier molecular flexibility index (Phi) is 5.01. The SMILES string of the molecule is CN1C(=O)C(CNS(=O)(=O)c2ccc(C(C)(C)C)cc2)Oc2ccccc21. The molecule has 0 saturated heterocycles. The van der Waals surface area contributed by atoms with Crippen LogP contribution in [0.15, 0.2) is 53.4 Å². The number of likely N-dealkylation sites (N-methyl/N-ethyl adjacent to an activating group) is 1. The average Bonchev–Trinajstić information content (AvgIpc) is 2.63. The molecule has 7 heteroatoms. The summed E-state index contributed by atoms with van der Waals surface area (Å²) < 4.78 is 33.3. The first-order chi connectivity index (χ1) is 12.6. The summed E-state index contributed by atoms with van der Waals surface area (Å²) in [7, 11) is -2.09. The highest BCUT2D eigenvalue weighted by Crippen LogP contribution is 2.32. The van der Waals surface area contributed by atoms with E-state index < -0.39 is 16.1 Å². The summed E-state index contributed by atoms with van der Waals surface area (Å²) >= 11 is 0. The normalized spacial score (nSPS) is 17.4. The first-order valence-electron chi connectivity index (χ1n) is 8.73. The number of carbonyl (C=O) groups is 1. The van der Waals surface area contributed by atoms with Crippen LogP contribution in [0.5, 0.6) is 5.75 Å². The number of rotatable bonds is 4. The molecule has 1 amide bonds. The van der Waals surface area contributed by atoms with E-state index in [1.54, 1.807) is 49.5 Å². The summed E-state index contributed by atoms with van der Waals surface area (Å²) in [6.07, 6.45) is -0.909. The van der Waals surface area contributed by atoms with Crippen molar-refractivity contribution in [2.75, 3.05) is 18.5 Å². The molecule has 1 aliphatic rings. The van der Waals surface area contributed by atoms with Crippen LogP contribution in [0, 0.1) is 0 Å². The predicted molar refractivity (Wildman–Crippen MR) is 105 cm³/mol. The van der Waals surface area contributed by atoms with Gasteiger partial charge in [-0.25, -0.2) is 13.1 Å². The number of anilines is 1. The minimum absolute atomic E-state index is 0.0595. The van der Waals surface area contributed by atoms with Gasteiger partial charge in [0.05, 0.1) is 17.1 Å². The zero-order valence-electron chi connectivity index (χ0n) is 15.9. The highest BCUT2D eigenvalue weighted by atomic mass is 32.2. The standard InChI is InChI=1S/C20H24N2O4S/c1-20(2,3)14-9-11-15(12-10-14)27(24,25)21-13-18-19(23)22(4)16-7-5-6-8-17(16)26-18/h5-12,18,21H,13H2,1-4H3. The van der Waals surface area contributed by atoms with Gasteiger partial charge in [-0.1, -0.05) is 45.0 Å². The van der Waals surface area contributed by atoms with Gasteiger partial charge in [0.2, 0.25) is 10.0 Å². The van der Waals surface area contributed by atoms with Crippen molar-refractivity contribution in [2.24, 2.45) is 0 Å². The number of fused-ring (bicyclic) bond motifs is 1. The summed E-state index contributed by atoms with van der Waals surface area (Å²) in [5.41, 5.74) is 1.65. The molecule has 1 unspecified atom stereocenters. The maximum Gasteiger partial charge on any atom is 0.269 e. The smallest absolute Gasteiger partial charge is 0.269 e. The highest BCUT2D eigenvalue weighted by molar-refractivity contribution is 7.89. The van der Waals surface area contributed by atoms with Crippen LogP contribution in [-0.2, 0) is 20.2 Å². The van der Waals surface area contributed by atoms with E-state index in [4.69, 9.17) is 4.74 Å².